The van der Waals surface area contributed by atoms with E-state index >= 15 is 0 Å². The van der Waals surface area contributed by atoms with Gasteiger partial charge in [-0.2, -0.15) is 10.5 Å². The van der Waals surface area contributed by atoms with E-state index in [4.69, 9.17) is 10.5 Å². The summed E-state index contributed by atoms with van der Waals surface area (Å²) in [6, 6.07) is 13.4. The van der Waals surface area contributed by atoms with Crippen LogP contribution in [0, 0.1) is 22.7 Å². The molecule has 1 aromatic carbocycles. The Balaban J connectivity index is 3.12. The monoisotopic (exact) mass is 240 g/mol. The van der Waals surface area contributed by atoms with Crippen LogP contribution in [0.3, 0.4) is 0 Å². The molecule has 0 bridgehead atoms. The molecule has 0 atom stereocenters. The molecule has 0 fully saturated rings. The molecular weight excluding hydrogens is 224 g/mol. The summed E-state index contributed by atoms with van der Waals surface area (Å²) in [5, 5.41) is 21.2. The smallest absolute Gasteiger partial charge is 0.170 e. The van der Waals surface area contributed by atoms with Crippen LogP contribution < -0.4 is 5.32 Å². The number of nitrogens with one attached hydrogen (secondary N) is 1. The lowest BCUT2D eigenvalue weighted by molar-refractivity contribution is 0.385. The van der Waals surface area contributed by atoms with E-state index in [1.807, 2.05) is 61.2 Å². The zero-order valence-corrected chi connectivity index (χ0v) is 10.6. The van der Waals surface area contributed by atoms with Crippen molar-refractivity contribution >= 4 is 5.69 Å². The Kier molecular flexibility index (Phi) is 5.28. The number of rotatable bonds is 5. The summed E-state index contributed by atoms with van der Waals surface area (Å²) in [7, 11) is 0. The summed E-state index contributed by atoms with van der Waals surface area (Å²) in [5.41, 5.74) is 0.963. The second kappa shape index (κ2) is 6.98. The molecule has 1 N–H and O–H groups in total. The van der Waals surface area contributed by atoms with Crippen molar-refractivity contribution in [2.24, 2.45) is 0 Å². The van der Waals surface area contributed by atoms with E-state index in [-0.39, 0.29) is 5.57 Å². The van der Waals surface area contributed by atoms with Gasteiger partial charge in [-0.05, 0) is 26.0 Å². The molecule has 4 nitrogen and oxygen atoms in total. The third kappa shape index (κ3) is 3.26. The van der Waals surface area contributed by atoms with Crippen LogP contribution in [-0.4, -0.2) is 18.0 Å². The molecule has 0 saturated heterocycles. The summed E-state index contributed by atoms with van der Waals surface area (Å²) in [5.74, 6) is 0.566. The van der Waals surface area contributed by atoms with E-state index in [9.17, 15) is 0 Å². The molecule has 0 aromatic heterocycles. The number of hydrogen-bond acceptors (Lipinski definition) is 4. The number of allylic oxidation sites excluding steroid dienone is 1. The van der Waals surface area contributed by atoms with Gasteiger partial charge in [-0.1, -0.05) is 18.2 Å². The molecule has 0 amide bonds. The van der Waals surface area contributed by atoms with E-state index in [1.165, 1.54) is 0 Å². The third-order valence-electron chi connectivity index (χ3n) is 2.58. The van der Waals surface area contributed by atoms with Crippen molar-refractivity contribution in [3.8, 4) is 12.1 Å². The second-order valence-corrected chi connectivity index (χ2v) is 3.61. The lowest BCUT2D eigenvalue weighted by atomic mass is 10.2. The highest BCUT2D eigenvalue weighted by atomic mass is 15.2. The van der Waals surface area contributed by atoms with Crippen LogP contribution in [0.25, 0.3) is 0 Å². The predicted molar refractivity (Wildman–Crippen MR) is 71.2 cm³/mol. The third-order valence-corrected chi connectivity index (χ3v) is 2.58. The molecule has 0 heterocycles. The van der Waals surface area contributed by atoms with Crippen LogP contribution in [0.4, 0.5) is 5.69 Å². The quantitative estimate of drug-likeness (QED) is 0.804. The molecule has 0 aliphatic rings. The summed E-state index contributed by atoms with van der Waals surface area (Å²) < 4.78 is 0. The largest absolute Gasteiger partial charge is 0.357 e. The zero-order valence-electron chi connectivity index (χ0n) is 10.6. The lowest BCUT2D eigenvalue weighted by Gasteiger charge is -2.25. The van der Waals surface area contributed by atoms with Crippen molar-refractivity contribution < 1.29 is 0 Å². The average Bonchev–Trinajstić information content (AvgIpc) is 2.42. The predicted octanol–water partition coefficient (Wildman–Crippen LogP) is 2.70. The van der Waals surface area contributed by atoms with Gasteiger partial charge in [-0.25, -0.2) is 0 Å². The topological polar surface area (TPSA) is 62.9 Å². The van der Waals surface area contributed by atoms with Gasteiger partial charge in [0.05, 0.1) is 0 Å². The van der Waals surface area contributed by atoms with E-state index < -0.39 is 0 Å². The fourth-order valence-corrected chi connectivity index (χ4v) is 1.63. The van der Waals surface area contributed by atoms with Crippen LogP contribution in [-0.2, 0) is 0 Å². The van der Waals surface area contributed by atoms with Crippen molar-refractivity contribution in [2.45, 2.75) is 13.8 Å². The van der Waals surface area contributed by atoms with Gasteiger partial charge in [0, 0.05) is 18.8 Å². The van der Waals surface area contributed by atoms with Gasteiger partial charge in [0.2, 0.25) is 0 Å². The minimum atomic E-state index is 0.0996. The molecule has 0 aliphatic heterocycles. The van der Waals surface area contributed by atoms with Crippen LogP contribution in [0.2, 0.25) is 0 Å². The highest BCUT2D eigenvalue weighted by Crippen LogP contribution is 2.15. The Bertz CT molecular complexity index is 471. The Morgan fingerprint density at radius 2 is 1.67 bits per heavy atom. The fourth-order valence-electron chi connectivity index (χ4n) is 1.63. The summed E-state index contributed by atoms with van der Waals surface area (Å²) in [4.78, 5) is 1.95. The first-order valence-corrected chi connectivity index (χ1v) is 5.88. The van der Waals surface area contributed by atoms with E-state index in [2.05, 4.69) is 5.32 Å². The molecule has 4 heteroatoms. The van der Waals surface area contributed by atoms with E-state index in [0.29, 0.717) is 5.82 Å². The lowest BCUT2D eigenvalue weighted by Crippen LogP contribution is -2.28. The Hall–Kier alpha value is -2.46. The van der Waals surface area contributed by atoms with Crippen molar-refractivity contribution in [1.29, 1.82) is 10.5 Å². The van der Waals surface area contributed by atoms with Gasteiger partial charge in [0.25, 0.3) is 0 Å². The summed E-state index contributed by atoms with van der Waals surface area (Å²) in [6.07, 6.45) is 0. The minimum Gasteiger partial charge on any atom is -0.357 e. The molecule has 1 aromatic rings. The molecule has 18 heavy (non-hydrogen) atoms. The first-order valence-electron chi connectivity index (χ1n) is 5.88. The van der Waals surface area contributed by atoms with Gasteiger partial charge in [-0.15, -0.1) is 0 Å². The average molecular weight is 240 g/mol. The van der Waals surface area contributed by atoms with Crippen molar-refractivity contribution in [2.75, 3.05) is 18.4 Å². The number of benzene rings is 1. The first kappa shape index (κ1) is 13.6. The van der Waals surface area contributed by atoms with Gasteiger partial charge in [0.15, 0.2) is 5.57 Å². The van der Waals surface area contributed by atoms with Gasteiger partial charge in [-0.3, -0.25) is 0 Å². The number of nitriles is 2. The summed E-state index contributed by atoms with van der Waals surface area (Å²) >= 11 is 0. The number of hydrogen-bond donors (Lipinski definition) is 1. The molecule has 92 valence electrons. The van der Waals surface area contributed by atoms with Crippen molar-refractivity contribution in [1.82, 2.24) is 4.90 Å². The highest BCUT2D eigenvalue weighted by molar-refractivity contribution is 5.53. The number of nitrogens with zero attached hydrogens (tertiary/aromatic N) is 3. The normalized spacial score (nSPS) is 8.89. The SMILES string of the molecule is CCN(CC)C(Nc1ccccc1)=C(C#N)C#N. The van der Waals surface area contributed by atoms with Gasteiger partial charge in [0.1, 0.15) is 18.0 Å². The maximum atomic E-state index is 9.02. The minimum absolute atomic E-state index is 0.0996. The Morgan fingerprint density at radius 3 is 2.11 bits per heavy atom. The van der Waals surface area contributed by atoms with Crippen molar-refractivity contribution in [3.63, 3.8) is 0 Å². The van der Waals surface area contributed by atoms with Gasteiger partial charge < -0.3 is 10.2 Å². The van der Waals surface area contributed by atoms with Crippen LogP contribution in [0.1, 0.15) is 13.8 Å². The molecule has 1 rings (SSSR count). The van der Waals surface area contributed by atoms with Gasteiger partial charge >= 0.3 is 0 Å². The highest BCUT2D eigenvalue weighted by Gasteiger charge is 2.12. The Labute approximate surface area is 108 Å². The van der Waals surface area contributed by atoms with E-state index in [1.54, 1.807) is 0 Å². The molecule has 0 unspecified atom stereocenters. The first-order chi connectivity index (χ1) is 8.76. The zero-order chi connectivity index (χ0) is 13.4. The molecule has 0 saturated carbocycles. The van der Waals surface area contributed by atoms with E-state index in [0.717, 1.165) is 18.8 Å². The molecule has 0 radical (unpaired) electrons. The number of anilines is 1. The molecule has 0 spiro atoms. The van der Waals surface area contributed by atoms with Crippen LogP contribution in [0.15, 0.2) is 41.7 Å². The fraction of sp³-hybridized carbons (Fsp3) is 0.286. The number of para-hydroxylation sites is 1. The van der Waals surface area contributed by atoms with Crippen molar-refractivity contribution in [3.05, 3.63) is 41.7 Å². The Morgan fingerprint density at radius 1 is 1.11 bits per heavy atom. The second-order valence-electron chi connectivity index (χ2n) is 3.61. The maximum absolute atomic E-state index is 9.02. The van der Waals surface area contributed by atoms with Crippen LogP contribution in [0.5, 0.6) is 0 Å². The maximum Gasteiger partial charge on any atom is 0.170 e. The summed E-state index contributed by atoms with van der Waals surface area (Å²) in [6.45, 7) is 5.45. The molecule has 0 aliphatic carbocycles. The standard InChI is InChI=1S/C14H16N4/c1-3-18(4-2)14(12(10-15)11-16)17-13-8-6-5-7-9-13/h5-9,17H,3-4H2,1-2H3. The molecular formula is C14H16N4. The van der Waals surface area contributed by atoms with Crippen LogP contribution >= 0.6 is 0 Å².